The van der Waals surface area contributed by atoms with Gasteiger partial charge in [-0.1, -0.05) is 0 Å². The molecule has 1 fully saturated rings. The first-order valence-electron chi connectivity index (χ1n) is 10.9. The van der Waals surface area contributed by atoms with Crippen molar-refractivity contribution in [3.8, 4) is 0 Å². The number of nitrogens with one attached hydrogen (secondary N) is 2. The standard InChI is InChI=1S/C21H35N5OS.HI/c1-3-23-21(26-13-10-16(11-14-26)15-19(27)22-2)24-12-6-9-20-25-17-7-4-5-8-18(17)28-20;/h16H,3-15H2,1-2H3,(H,22,27)(H,23,24);1H. The van der Waals surface area contributed by atoms with Crippen LogP contribution in [0.3, 0.4) is 0 Å². The molecule has 0 unspecified atom stereocenters. The molecule has 29 heavy (non-hydrogen) atoms. The van der Waals surface area contributed by atoms with Gasteiger partial charge < -0.3 is 15.5 Å². The molecule has 1 aliphatic heterocycles. The maximum Gasteiger partial charge on any atom is 0.220 e. The third-order valence-electron chi connectivity index (χ3n) is 5.70. The van der Waals surface area contributed by atoms with Crippen molar-refractivity contribution in [2.75, 3.05) is 33.2 Å². The van der Waals surface area contributed by atoms with Crippen LogP contribution >= 0.6 is 35.3 Å². The highest BCUT2D eigenvalue weighted by molar-refractivity contribution is 14.0. The second-order valence-corrected chi connectivity index (χ2v) is 9.00. The number of hydrogen-bond acceptors (Lipinski definition) is 4. The van der Waals surface area contributed by atoms with Crippen LogP contribution in [-0.2, 0) is 24.1 Å². The van der Waals surface area contributed by atoms with E-state index in [9.17, 15) is 4.79 Å². The minimum absolute atomic E-state index is 0. The third kappa shape index (κ3) is 7.38. The van der Waals surface area contributed by atoms with Gasteiger partial charge in [0.15, 0.2) is 5.96 Å². The Labute approximate surface area is 196 Å². The Morgan fingerprint density at radius 1 is 1.28 bits per heavy atom. The highest BCUT2D eigenvalue weighted by Gasteiger charge is 2.23. The smallest absolute Gasteiger partial charge is 0.220 e. The largest absolute Gasteiger partial charge is 0.359 e. The number of nitrogens with zero attached hydrogens (tertiary/aromatic N) is 3. The minimum atomic E-state index is 0. The third-order valence-corrected chi connectivity index (χ3v) is 6.92. The second-order valence-electron chi connectivity index (χ2n) is 7.83. The van der Waals surface area contributed by atoms with E-state index in [2.05, 4.69) is 22.5 Å². The summed E-state index contributed by atoms with van der Waals surface area (Å²) in [5.41, 5.74) is 1.36. The Morgan fingerprint density at radius 3 is 2.72 bits per heavy atom. The second kappa shape index (κ2) is 12.7. The lowest BCUT2D eigenvalue weighted by molar-refractivity contribution is -0.121. The first-order valence-corrected chi connectivity index (χ1v) is 11.7. The van der Waals surface area contributed by atoms with Crippen molar-refractivity contribution in [3.63, 3.8) is 0 Å². The number of hydrogen-bond donors (Lipinski definition) is 2. The van der Waals surface area contributed by atoms with Gasteiger partial charge in [0.05, 0.1) is 10.7 Å². The van der Waals surface area contributed by atoms with E-state index in [1.165, 1.54) is 41.3 Å². The average Bonchev–Trinajstić information content (AvgIpc) is 3.13. The molecule has 0 aromatic carbocycles. The Bertz CT molecular complexity index is 647. The fraction of sp³-hybridized carbons (Fsp3) is 0.762. The predicted octanol–water partition coefficient (Wildman–Crippen LogP) is 3.39. The van der Waals surface area contributed by atoms with E-state index in [1.807, 2.05) is 11.3 Å². The SMILES string of the molecule is CCNC(=NCCCc1nc2c(s1)CCCC2)N1CCC(CC(=O)NC)CC1.I. The number of carbonyl (C=O) groups is 1. The lowest BCUT2D eigenvalue weighted by Crippen LogP contribution is -2.46. The monoisotopic (exact) mass is 533 g/mol. The van der Waals surface area contributed by atoms with Crippen LogP contribution in [0.2, 0.25) is 0 Å². The fourth-order valence-electron chi connectivity index (χ4n) is 4.07. The summed E-state index contributed by atoms with van der Waals surface area (Å²) in [6.45, 7) is 5.80. The minimum Gasteiger partial charge on any atom is -0.359 e. The Hall–Kier alpha value is -0.900. The number of thiazole rings is 1. The summed E-state index contributed by atoms with van der Waals surface area (Å²) in [7, 11) is 1.72. The van der Waals surface area contributed by atoms with Crippen molar-refractivity contribution in [2.24, 2.45) is 10.9 Å². The molecule has 2 N–H and O–H groups in total. The molecule has 3 rings (SSSR count). The number of amides is 1. The molecular formula is C21H36IN5OS. The summed E-state index contributed by atoms with van der Waals surface area (Å²) < 4.78 is 0. The lowest BCUT2D eigenvalue weighted by Gasteiger charge is -2.34. The van der Waals surface area contributed by atoms with Gasteiger partial charge in [0, 0.05) is 50.9 Å². The van der Waals surface area contributed by atoms with Crippen LogP contribution in [0.25, 0.3) is 0 Å². The molecule has 2 aliphatic rings. The maximum absolute atomic E-state index is 11.6. The molecule has 0 saturated carbocycles. The van der Waals surface area contributed by atoms with E-state index in [0.29, 0.717) is 12.3 Å². The molecule has 0 atom stereocenters. The highest BCUT2D eigenvalue weighted by Crippen LogP contribution is 2.27. The van der Waals surface area contributed by atoms with E-state index in [0.717, 1.165) is 57.8 Å². The number of aliphatic imine (C=N–C) groups is 1. The summed E-state index contributed by atoms with van der Waals surface area (Å²) in [6.07, 6.45) is 9.87. The van der Waals surface area contributed by atoms with E-state index >= 15 is 0 Å². The summed E-state index contributed by atoms with van der Waals surface area (Å²) >= 11 is 1.92. The fourth-order valence-corrected chi connectivity index (χ4v) is 5.27. The predicted molar refractivity (Wildman–Crippen MR) is 131 cm³/mol. The van der Waals surface area contributed by atoms with E-state index in [-0.39, 0.29) is 29.9 Å². The molecule has 164 valence electrons. The number of likely N-dealkylation sites (tertiary alicyclic amines) is 1. The van der Waals surface area contributed by atoms with Crippen molar-refractivity contribution in [1.29, 1.82) is 0 Å². The molecule has 1 saturated heterocycles. The van der Waals surface area contributed by atoms with Crippen LogP contribution in [0.15, 0.2) is 4.99 Å². The molecule has 1 aromatic heterocycles. The Morgan fingerprint density at radius 2 is 2.03 bits per heavy atom. The number of fused-ring (bicyclic) bond motifs is 1. The van der Waals surface area contributed by atoms with Gasteiger partial charge in [0.1, 0.15) is 0 Å². The summed E-state index contributed by atoms with van der Waals surface area (Å²) in [5.74, 6) is 1.68. The zero-order valence-corrected chi connectivity index (χ0v) is 21.0. The molecule has 1 aromatic rings. The van der Waals surface area contributed by atoms with Crippen LogP contribution in [0.4, 0.5) is 0 Å². The number of carbonyl (C=O) groups excluding carboxylic acids is 1. The van der Waals surface area contributed by atoms with Gasteiger partial charge in [-0.05, 0) is 57.8 Å². The normalized spacial score (nSPS) is 17.4. The molecule has 0 bridgehead atoms. The van der Waals surface area contributed by atoms with Crippen molar-refractivity contribution in [1.82, 2.24) is 20.5 Å². The van der Waals surface area contributed by atoms with Crippen molar-refractivity contribution >= 4 is 47.2 Å². The van der Waals surface area contributed by atoms with Crippen LogP contribution in [0.5, 0.6) is 0 Å². The molecule has 6 nitrogen and oxygen atoms in total. The Balaban J connectivity index is 0.00000300. The summed E-state index contributed by atoms with van der Waals surface area (Å²) in [4.78, 5) is 25.2. The van der Waals surface area contributed by atoms with E-state index in [1.54, 1.807) is 7.05 Å². The van der Waals surface area contributed by atoms with Crippen LogP contribution < -0.4 is 10.6 Å². The number of aryl methyl sites for hydroxylation is 3. The van der Waals surface area contributed by atoms with Crippen LogP contribution in [0.1, 0.15) is 61.0 Å². The van der Waals surface area contributed by atoms with Gasteiger partial charge >= 0.3 is 0 Å². The van der Waals surface area contributed by atoms with Gasteiger partial charge in [0.25, 0.3) is 0 Å². The number of aromatic nitrogens is 1. The van der Waals surface area contributed by atoms with Crippen molar-refractivity contribution < 1.29 is 4.79 Å². The van der Waals surface area contributed by atoms with Crippen LogP contribution in [-0.4, -0.2) is 55.0 Å². The van der Waals surface area contributed by atoms with Gasteiger partial charge in [0.2, 0.25) is 5.91 Å². The zero-order chi connectivity index (χ0) is 19.8. The molecule has 8 heteroatoms. The first-order chi connectivity index (χ1) is 13.7. The first kappa shape index (κ1) is 24.4. The number of halogens is 1. The maximum atomic E-state index is 11.6. The molecule has 1 amide bonds. The highest BCUT2D eigenvalue weighted by atomic mass is 127. The number of piperidine rings is 1. The van der Waals surface area contributed by atoms with Gasteiger partial charge in [-0.2, -0.15) is 0 Å². The summed E-state index contributed by atoms with van der Waals surface area (Å²) in [5, 5.41) is 7.47. The molecule has 0 spiro atoms. The van der Waals surface area contributed by atoms with E-state index < -0.39 is 0 Å². The van der Waals surface area contributed by atoms with Gasteiger partial charge in [-0.25, -0.2) is 4.98 Å². The quantitative estimate of drug-likeness (QED) is 0.244. The zero-order valence-electron chi connectivity index (χ0n) is 17.8. The van der Waals surface area contributed by atoms with E-state index in [4.69, 9.17) is 9.98 Å². The van der Waals surface area contributed by atoms with Crippen LogP contribution in [0, 0.1) is 5.92 Å². The van der Waals surface area contributed by atoms with Gasteiger partial charge in [-0.15, -0.1) is 35.3 Å². The van der Waals surface area contributed by atoms with Crippen molar-refractivity contribution in [2.45, 2.75) is 64.7 Å². The molecule has 1 aliphatic carbocycles. The summed E-state index contributed by atoms with van der Waals surface area (Å²) in [6, 6.07) is 0. The molecular weight excluding hydrogens is 497 g/mol. The molecule has 0 radical (unpaired) electrons. The lowest BCUT2D eigenvalue weighted by atomic mass is 9.93. The number of rotatable bonds is 7. The van der Waals surface area contributed by atoms with Gasteiger partial charge in [-0.3, -0.25) is 9.79 Å². The molecule has 2 heterocycles. The van der Waals surface area contributed by atoms with Crippen molar-refractivity contribution in [3.05, 3.63) is 15.6 Å². The Kier molecular flexibility index (Phi) is 10.7. The topological polar surface area (TPSA) is 69.6 Å². The average molecular weight is 534 g/mol. The number of guanidine groups is 1.